The Morgan fingerprint density at radius 2 is 1.65 bits per heavy atom. The fourth-order valence-corrected chi connectivity index (χ4v) is 5.85. The van der Waals surface area contributed by atoms with Crippen LogP contribution in [0, 0.1) is 23.2 Å². The highest BCUT2D eigenvalue weighted by atomic mass is 32.2. The van der Waals surface area contributed by atoms with Gasteiger partial charge in [-0.25, -0.2) is 0 Å². The molecular weight excluding hydrogens is 268 g/mol. The smallest absolute Gasteiger partial charge is 0.307 e. The molecule has 114 valence electrons. The Bertz CT molecular complexity index is 353. The van der Waals surface area contributed by atoms with E-state index in [1.165, 1.54) is 38.5 Å². The van der Waals surface area contributed by atoms with E-state index in [1.54, 1.807) is 11.8 Å². The summed E-state index contributed by atoms with van der Waals surface area (Å²) in [7, 11) is 0. The van der Waals surface area contributed by atoms with Crippen LogP contribution in [0.25, 0.3) is 0 Å². The normalized spacial score (nSPS) is 39.0. The largest absolute Gasteiger partial charge is 0.459 e. The van der Waals surface area contributed by atoms with Crippen molar-refractivity contribution in [1.82, 2.24) is 0 Å². The summed E-state index contributed by atoms with van der Waals surface area (Å²) in [4.78, 5) is 12.1. The van der Waals surface area contributed by atoms with Gasteiger partial charge < -0.3 is 4.74 Å². The van der Waals surface area contributed by atoms with Crippen LogP contribution in [-0.4, -0.2) is 23.6 Å². The van der Waals surface area contributed by atoms with Gasteiger partial charge in [0, 0.05) is 11.2 Å². The quantitative estimate of drug-likeness (QED) is 0.708. The zero-order valence-corrected chi connectivity index (χ0v) is 13.9. The van der Waals surface area contributed by atoms with Crippen LogP contribution in [0.15, 0.2) is 0 Å². The molecule has 0 spiro atoms. The molecule has 0 unspecified atom stereocenters. The maximum absolute atomic E-state index is 12.1. The molecule has 2 nitrogen and oxygen atoms in total. The minimum absolute atomic E-state index is 0.0000883. The van der Waals surface area contributed by atoms with Crippen molar-refractivity contribution in [1.29, 1.82) is 0 Å². The van der Waals surface area contributed by atoms with Gasteiger partial charge in [0.2, 0.25) is 0 Å². The fourth-order valence-electron chi connectivity index (χ4n) is 5.48. The molecular formula is C17H28O2S. The number of carbonyl (C=O) groups excluding carboxylic acids is 1. The van der Waals surface area contributed by atoms with Crippen molar-refractivity contribution in [2.24, 2.45) is 23.2 Å². The summed E-state index contributed by atoms with van der Waals surface area (Å²) in [5, 5.41) is 0. The lowest BCUT2D eigenvalue weighted by molar-refractivity contribution is -0.198. The summed E-state index contributed by atoms with van der Waals surface area (Å²) in [6.07, 6.45) is 10.8. The fraction of sp³-hybridized carbons (Fsp3) is 0.941. The lowest BCUT2D eigenvalue weighted by Gasteiger charge is -2.61. The molecule has 0 amide bonds. The van der Waals surface area contributed by atoms with Crippen LogP contribution >= 0.6 is 11.8 Å². The van der Waals surface area contributed by atoms with Crippen molar-refractivity contribution in [2.45, 2.75) is 64.4 Å². The standard InChI is InChI=1S/C17H28O2S/c1-16(2,19-15(18)4-5-20-3)17-9-12-6-13(10-17)8-14(7-12)11-17/h12-14H,4-11H2,1-3H3. The highest BCUT2D eigenvalue weighted by Gasteiger charge is 2.58. The van der Waals surface area contributed by atoms with E-state index in [0.717, 1.165) is 23.5 Å². The predicted octanol–water partition coefficient (Wildman–Crippen LogP) is 4.28. The summed E-state index contributed by atoms with van der Waals surface area (Å²) < 4.78 is 5.97. The zero-order valence-electron chi connectivity index (χ0n) is 13.1. The first-order valence-corrected chi connectivity index (χ1v) is 9.54. The van der Waals surface area contributed by atoms with E-state index in [-0.39, 0.29) is 17.0 Å². The third-order valence-corrected chi connectivity index (χ3v) is 6.81. The highest BCUT2D eigenvalue weighted by Crippen LogP contribution is 2.64. The molecule has 4 fully saturated rings. The molecule has 0 aromatic rings. The number of hydrogen-bond donors (Lipinski definition) is 0. The molecule has 0 heterocycles. The summed E-state index contributed by atoms with van der Waals surface area (Å²) >= 11 is 1.71. The topological polar surface area (TPSA) is 26.3 Å². The van der Waals surface area contributed by atoms with Gasteiger partial charge in [-0.1, -0.05) is 0 Å². The van der Waals surface area contributed by atoms with Crippen LogP contribution in [-0.2, 0) is 9.53 Å². The lowest BCUT2D eigenvalue weighted by Crippen LogP contribution is -2.57. The van der Waals surface area contributed by atoms with Crippen LogP contribution in [0.4, 0.5) is 0 Å². The molecule has 0 aromatic carbocycles. The van der Waals surface area contributed by atoms with Gasteiger partial charge in [-0.15, -0.1) is 0 Å². The molecule has 0 aromatic heterocycles. The molecule has 4 rings (SSSR count). The second-order valence-electron chi connectivity index (χ2n) is 7.93. The van der Waals surface area contributed by atoms with Gasteiger partial charge in [0.1, 0.15) is 5.60 Å². The second-order valence-corrected chi connectivity index (χ2v) is 8.91. The van der Waals surface area contributed by atoms with Gasteiger partial charge >= 0.3 is 5.97 Å². The number of thioether (sulfide) groups is 1. The molecule has 20 heavy (non-hydrogen) atoms. The molecule has 0 N–H and O–H groups in total. The Labute approximate surface area is 127 Å². The molecule has 0 radical (unpaired) electrons. The van der Waals surface area contributed by atoms with Crippen molar-refractivity contribution in [2.75, 3.05) is 12.0 Å². The van der Waals surface area contributed by atoms with E-state index in [9.17, 15) is 4.79 Å². The van der Waals surface area contributed by atoms with Crippen LogP contribution in [0.2, 0.25) is 0 Å². The Hall–Kier alpha value is -0.180. The third-order valence-electron chi connectivity index (χ3n) is 6.19. The van der Waals surface area contributed by atoms with E-state index in [0.29, 0.717) is 6.42 Å². The van der Waals surface area contributed by atoms with E-state index in [1.807, 2.05) is 6.26 Å². The molecule has 4 saturated carbocycles. The molecule has 3 heteroatoms. The minimum atomic E-state index is -0.279. The number of ether oxygens (including phenoxy) is 1. The van der Waals surface area contributed by atoms with Crippen LogP contribution in [0.5, 0.6) is 0 Å². The van der Waals surface area contributed by atoms with Crippen molar-refractivity contribution in [3.8, 4) is 0 Å². The first-order chi connectivity index (χ1) is 9.44. The van der Waals surface area contributed by atoms with Gasteiger partial charge in [0.15, 0.2) is 0 Å². The Balaban J connectivity index is 1.71. The first-order valence-electron chi connectivity index (χ1n) is 8.15. The average molecular weight is 296 g/mol. The van der Waals surface area contributed by atoms with Gasteiger partial charge in [-0.3, -0.25) is 4.79 Å². The number of esters is 1. The molecule has 0 saturated heterocycles. The highest BCUT2D eigenvalue weighted by molar-refractivity contribution is 7.98. The van der Waals surface area contributed by atoms with Crippen molar-refractivity contribution >= 4 is 17.7 Å². The Kier molecular flexibility index (Phi) is 3.85. The maximum atomic E-state index is 12.1. The summed E-state index contributed by atoms with van der Waals surface area (Å²) in [5.74, 6) is 3.59. The average Bonchev–Trinajstić information content (AvgIpc) is 2.34. The predicted molar refractivity (Wildman–Crippen MR) is 83.8 cm³/mol. The molecule has 4 aliphatic rings. The van der Waals surface area contributed by atoms with Crippen molar-refractivity contribution in [3.05, 3.63) is 0 Å². The Morgan fingerprint density at radius 1 is 1.15 bits per heavy atom. The second kappa shape index (κ2) is 5.23. The number of carbonyl (C=O) groups is 1. The van der Waals surface area contributed by atoms with Crippen LogP contribution in [0.3, 0.4) is 0 Å². The lowest BCUT2D eigenvalue weighted by atomic mass is 9.46. The van der Waals surface area contributed by atoms with Gasteiger partial charge in [-0.2, -0.15) is 11.8 Å². The number of rotatable bonds is 5. The van der Waals surface area contributed by atoms with Crippen LogP contribution in [0.1, 0.15) is 58.8 Å². The van der Waals surface area contributed by atoms with Gasteiger partial charge in [-0.05, 0) is 76.4 Å². The minimum Gasteiger partial charge on any atom is -0.459 e. The zero-order chi connectivity index (χ0) is 14.4. The monoisotopic (exact) mass is 296 g/mol. The van der Waals surface area contributed by atoms with E-state index in [2.05, 4.69) is 13.8 Å². The molecule has 4 bridgehead atoms. The summed E-state index contributed by atoms with van der Waals surface area (Å²) in [6, 6.07) is 0. The van der Waals surface area contributed by atoms with Gasteiger partial charge in [0.05, 0.1) is 6.42 Å². The molecule has 0 atom stereocenters. The third kappa shape index (κ3) is 2.51. The molecule has 4 aliphatic carbocycles. The number of hydrogen-bond acceptors (Lipinski definition) is 3. The van der Waals surface area contributed by atoms with Crippen molar-refractivity contribution in [3.63, 3.8) is 0 Å². The summed E-state index contributed by atoms with van der Waals surface area (Å²) in [5.41, 5.74) is -0.00469. The molecule has 0 aliphatic heterocycles. The SMILES string of the molecule is CSCCC(=O)OC(C)(C)C12CC3CC(CC(C3)C1)C2. The first kappa shape index (κ1) is 14.7. The van der Waals surface area contributed by atoms with E-state index >= 15 is 0 Å². The van der Waals surface area contributed by atoms with Crippen molar-refractivity contribution < 1.29 is 9.53 Å². The van der Waals surface area contributed by atoms with Gasteiger partial charge in [0.25, 0.3) is 0 Å². The maximum Gasteiger partial charge on any atom is 0.307 e. The van der Waals surface area contributed by atoms with E-state index in [4.69, 9.17) is 4.74 Å². The van der Waals surface area contributed by atoms with Crippen LogP contribution < -0.4 is 0 Å². The van der Waals surface area contributed by atoms with E-state index < -0.39 is 0 Å². The summed E-state index contributed by atoms with van der Waals surface area (Å²) in [6.45, 7) is 4.36. The Morgan fingerprint density at radius 3 is 2.10 bits per heavy atom.